The van der Waals surface area contributed by atoms with Gasteiger partial charge in [-0.05, 0) is 37.1 Å². The van der Waals surface area contributed by atoms with Crippen LogP contribution in [0.5, 0.6) is 11.5 Å². The van der Waals surface area contributed by atoms with E-state index in [1.807, 2.05) is 24.3 Å². The molecule has 0 aliphatic heterocycles. The summed E-state index contributed by atoms with van der Waals surface area (Å²) < 4.78 is 15.5. The van der Waals surface area contributed by atoms with E-state index in [9.17, 15) is 4.79 Å². The van der Waals surface area contributed by atoms with Crippen LogP contribution in [-0.2, 0) is 16.0 Å². The lowest BCUT2D eigenvalue weighted by atomic mass is 10.1. The van der Waals surface area contributed by atoms with Crippen molar-refractivity contribution < 1.29 is 19.0 Å². The summed E-state index contributed by atoms with van der Waals surface area (Å²) in [6.07, 6.45) is 3.29. The maximum atomic E-state index is 10.6. The summed E-state index contributed by atoms with van der Waals surface area (Å²) in [4.78, 5) is 10.6. The van der Waals surface area contributed by atoms with Crippen molar-refractivity contribution in [2.75, 3.05) is 21.0 Å². The molecule has 0 atom stereocenters. The van der Waals surface area contributed by atoms with Crippen LogP contribution in [-0.4, -0.2) is 27.3 Å². The molecule has 4 heteroatoms. The van der Waals surface area contributed by atoms with Crippen LogP contribution in [0.1, 0.15) is 12.5 Å². The first-order chi connectivity index (χ1) is 8.71. The number of carbonyl (C=O) groups is 1. The van der Waals surface area contributed by atoms with Crippen LogP contribution in [0.25, 0.3) is 0 Å². The summed E-state index contributed by atoms with van der Waals surface area (Å²) in [5, 5.41) is 0. The maximum absolute atomic E-state index is 10.6. The highest BCUT2D eigenvalue weighted by Gasteiger charge is 2.05. The molecule has 98 valence electrons. The number of methoxy groups -OCH3 is 2. The minimum atomic E-state index is 0.190. The molecule has 0 spiro atoms. The minimum Gasteiger partial charge on any atom is -0.497 e. The van der Waals surface area contributed by atoms with Gasteiger partial charge in [-0.3, -0.25) is 4.79 Å². The van der Waals surface area contributed by atoms with Gasteiger partial charge in [0.25, 0.3) is 0 Å². The molecule has 18 heavy (non-hydrogen) atoms. The second-order valence-electron chi connectivity index (χ2n) is 3.79. The van der Waals surface area contributed by atoms with Crippen molar-refractivity contribution >= 4 is 6.29 Å². The van der Waals surface area contributed by atoms with Crippen LogP contribution in [0.15, 0.2) is 29.8 Å². The summed E-state index contributed by atoms with van der Waals surface area (Å²) in [7, 11) is 3.18. The van der Waals surface area contributed by atoms with Crippen LogP contribution in [0.3, 0.4) is 0 Å². The normalized spacial score (nSPS) is 11.2. The van der Waals surface area contributed by atoms with Crippen molar-refractivity contribution in [3.8, 4) is 11.5 Å². The monoisotopic (exact) mass is 250 g/mol. The quantitative estimate of drug-likeness (QED) is 0.423. The average molecular weight is 250 g/mol. The van der Waals surface area contributed by atoms with Crippen LogP contribution >= 0.6 is 0 Å². The molecule has 1 aromatic rings. The molecule has 1 rings (SSSR count). The van der Waals surface area contributed by atoms with Gasteiger partial charge >= 0.3 is 0 Å². The van der Waals surface area contributed by atoms with Gasteiger partial charge in [0.2, 0.25) is 0 Å². The van der Waals surface area contributed by atoms with Crippen molar-refractivity contribution in [1.82, 2.24) is 0 Å². The number of allylic oxidation sites excluding steroid dienone is 2. The summed E-state index contributed by atoms with van der Waals surface area (Å²) in [6.45, 7) is 1.96. The highest BCUT2D eigenvalue weighted by atomic mass is 16.7. The maximum Gasteiger partial charge on any atom is 0.188 e. The van der Waals surface area contributed by atoms with Crippen molar-refractivity contribution in [2.45, 2.75) is 13.3 Å². The van der Waals surface area contributed by atoms with Gasteiger partial charge in [0.15, 0.2) is 6.79 Å². The van der Waals surface area contributed by atoms with Crippen LogP contribution in [0, 0.1) is 0 Å². The van der Waals surface area contributed by atoms with E-state index in [4.69, 9.17) is 14.2 Å². The Hall–Kier alpha value is -1.81. The van der Waals surface area contributed by atoms with Crippen molar-refractivity contribution in [1.29, 1.82) is 0 Å². The fourth-order valence-corrected chi connectivity index (χ4v) is 1.42. The Balaban J connectivity index is 2.92. The SMILES string of the molecule is COCOc1ccc(OC)cc1C/C=C(\C)C=O. The van der Waals surface area contributed by atoms with Gasteiger partial charge in [-0.15, -0.1) is 0 Å². The Morgan fingerprint density at radius 2 is 2.11 bits per heavy atom. The Bertz CT molecular complexity index is 424. The van der Waals surface area contributed by atoms with Gasteiger partial charge in [-0.2, -0.15) is 0 Å². The molecule has 0 fully saturated rings. The molecule has 0 bridgehead atoms. The molecule has 0 saturated carbocycles. The third kappa shape index (κ3) is 4.22. The first-order valence-electron chi connectivity index (χ1n) is 5.61. The fraction of sp³-hybridized carbons (Fsp3) is 0.357. The van der Waals surface area contributed by atoms with E-state index in [2.05, 4.69) is 0 Å². The molecule has 0 aromatic heterocycles. The van der Waals surface area contributed by atoms with Gasteiger partial charge in [-0.25, -0.2) is 0 Å². The van der Waals surface area contributed by atoms with Gasteiger partial charge in [0, 0.05) is 12.7 Å². The van der Waals surface area contributed by atoms with E-state index >= 15 is 0 Å². The highest BCUT2D eigenvalue weighted by Crippen LogP contribution is 2.25. The van der Waals surface area contributed by atoms with E-state index in [0.29, 0.717) is 12.0 Å². The Kier molecular flexibility index (Phi) is 5.94. The summed E-state index contributed by atoms with van der Waals surface area (Å²) >= 11 is 0. The van der Waals surface area contributed by atoms with Crippen LogP contribution in [0.4, 0.5) is 0 Å². The lowest BCUT2D eigenvalue weighted by molar-refractivity contribution is -0.104. The van der Waals surface area contributed by atoms with E-state index in [0.717, 1.165) is 23.3 Å². The average Bonchev–Trinajstić information content (AvgIpc) is 2.42. The van der Waals surface area contributed by atoms with Gasteiger partial charge < -0.3 is 14.2 Å². The molecule has 4 nitrogen and oxygen atoms in total. The zero-order chi connectivity index (χ0) is 13.4. The number of benzene rings is 1. The van der Waals surface area contributed by atoms with Gasteiger partial charge in [0.1, 0.15) is 17.8 Å². The Morgan fingerprint density at radius 1 is 1.33 bits per heavy atom. The lowest BCUT2D eigenvalue weighted by Gasteiger charge is -2.11. The highest BCUT2D eigenvalue weighted by molar-refractivity contribution is 5.72. The van der Waals surface area contributed by atoms with Crippen molar-refractivity contribution in [2.24, 2.45) is 0 Å². The molecule has 0 unspecified atom stereocenters. The first-order valence-corrected chi connectivity index (χ1v) is 5.61. The first kappa shape index (κ1) is 14.3. The molecule has 0 aliphatic carbocycles. The molecular formula is C14H18O4. The molecule has 1 aromatic carbocycles. The predicted octanol–water partition coefficient (Wildman–Crippen LogP) is 2.37. The second-order valence-corrected chi connectivity index (χ2v) is 3.79. The van der Waals surface area contributed by atoms with Crippen molar-refractivity contribution in [3.05, 3.63) is 35.4 Å². The van der Waals surface area contributed by atoms with Crippen LogP contribution < -0.4 is 9.47 Å². The molecule has 0 heterocycles. The molecule has 0 radical (unpaired) electrons. The summed E-state index contributed by atoms with van der Waals surface area (Å²) in [5.41, 5.74) is 1.64. The largest absolute Gasteiger partial charge is 0.497 e. The topological polar surface area (TPSA) is 44.8 Å². The number of carbonyl (C=O) groups excluding carboxylic acids is 1. The third-order valence-corrected chi connectivity index (χ3v) is 2.43. The molecule has 0 aliphatic rings. The minimum absolute atomic E-state index is 0.190. The van der Waals surface area contributed by atoms with E-state index < -0.39 is 0 Å². The predicted molar refractivity (Wildman–Crippen MR) is 69.0 cm³/mol. The standard InChI is InChI=1S/C14H18O4/c1-11(9-15)4-5-12-8-13(17-3)6-7-14(12)18-10-16-2/h4,6-9H,5,10H2,1-3H3/b11-4+. The second kappa shape index (κ2) is 7.50. The lowest BCUT2D eigenvalue weighted by Crippen LogP contribution is -2.02. The fourth-order valence-electron chi connectivity index (χ4n) is 1.42. The van der Waals surface area contributed by atoms with E-state index in [-0.39, 0.29) is 6.79 Å². The molecule has 0 saturated heterocycles. The van der Waals surface area contributed by atoms with E-state index in [1.165, 1.54) is 0 Å². The van der Waals surface area contributed by atoms with Crippen molar-refractivity contribution in [3.63, 3.8) is 0 Å². The van der Waals surface area contributed by atoms with Gasteiger partial charge in [0.05, 0.1) is 7.11 Å². The Morgan fingerprint density at radius 3 is 2.72 bits per heavy atom. The summed E-state index contributed by atoms with van der Waals surface area (Å²) in [5.74, 6) is 1.49. The number of hydrogen-bond acceptors (Lipinski definition) is 4. The summed E-state index contributed by atoms with van der Waals surface area (Å²) in [6, 6.07) is 5.54. The van der Waals surface area contributed by atoms with Crippen LogP contribution in [0.2, 0.25) is 0 Å². The smallest absolute Gasteiger partial charge is 0.188 e. The number of rotatable bonds is 7. The van der Waals surface area contributed by atoms with E-state index in [1.54, 1.807) is 21.1 Å². The number of ether oxygens (including phenoxy) is 3. The zero-order valence-electron chi connectivity index (χ0n) is 10.9. The molecule has 0 amide bonds. The number of hydrogen-bond donors (Lipinski definition) is 0. The molecular weight excluding hydrogens is 232 g/mol. The molecule has 0 N–H and O–H groups in total. The Labute approximate surface area is 107 Å². The number of aldehydes is 1. The zero-order valence-corrected chi connectivity index (χ0v) is 10.9. The third-order valence-electron chi connectivity index (χ3n) is 2.43. The van der Waals surface area contributed by atoms with Gasteiger partial charge in [-0.1, -0.05) is 6.08 Å².